The van der Waals surface area contributed by atoms with E-state index in [9.17, 15) is 0 Å². The van der Waals surface area contributed by atoms with Gasteiger partial charge in [0.15, 0.2) is 5.82 Å². The van der Waals surface area contributed by atoms with Gasteiger partial charge in [-0.2, -0.15) is 0 Å². The molecule has 0 spiro atoms. The minimum Gasteiger partial charge on any atom is -0.294 e. The maximum atomic E-state index is 6.13. The van der Waals surface area contributed by atoms with Crippen molar-refractivity contribution in [1.82, 2.24) is 19.9 Å². The normalized spacial score (nSPS) is 13.7. The largest absolute Gasteiger partial charge is 0.294 e. The Morgan fingerprint density at radius 3 is 2.48 bits per heavy atom. The zero-order valence-electron chi connectivity index (χ0n) is 16.8. The van der Waals surface area contributed by atoms with Crippen molar-refractivity contribution in [3.63, 3.8) is 0 Å². The van der Waals surface area contributed by atoms with Gasteiger partial charge in [0.25, 0.3) is 0 Å². The summed E-state index contributed by atoms with van der Waals surface area (Å²) in [6, 6.07) is 19.9. The minimum absolute atomic E-state index is 0.537. The molecule has 6 heteroatoms. The summed E-state index contributed by atoms with van der Waals surface area (Å²) in [6.07, 6.45) is 4.83. The molecule has 2 aromatic carbocycles. The van der Waals surface area contributed by atoms with E-state index < -0.39 is 0 Å². The van der Waals surface area contributed by atoms with Crippen molar-refractivity contribution in [1.29, 1.82) is 0 Å². The van der Waals surface area contributed by atoms with Crippen molar-refractivity contribution in [2.24, 2.45) is 0 Å². The van der Waals surface area contributed by atoms with Crippen LogP contribution in [0, 0.1) is 0 Å². The van der Waals surface area contributed by atoms with Crippen molar-refractivity contribution in [2.75, 3.05) is 6.54 Å². The van der Waals surface area contributed by atoms with Gasteiger partial charge in [-0.15, -0.1) is 0 Å². The molecule has 0 fully saturated rings. The molecule has 0 bridgehead atoms. The van der Waals surface area contributed by atoms with Gasteiger partial charge in [0.2, 0.25) is 0 Å². The lowest BCUT2D eigenvalue weighted by molar-refractivity contribution is 0.242. The molecule has 1 aliphatic rings. The molecule has 3 heterocycles. The molecule has 2 aromatic heterocycles. The summed E-state index contributed by atoms with van der Waals surface area (Å²) in [4.78, 5) is 16.4. The van der Waals surface area contributed by atoms with Crippen molar-refractivity contribution >= 4 is 23.2 Å². The van der Waals surface area contributed by atoms with Crippen molar-refractivity contribution < 1.29 is 0 Å². The standard InChI is InChI=1S/C25H20Cl2N4/c26-21-8-7-19(12-22(21)27)23-9-6-17(13-28-23)15-31-11-10-24-20(16-31)14-29-25(30-24)18-4-2-1-3-5-18/h1-9,12-14H,10-11,15-16H2. The molecular weight excluding hydrogens is 427 g/mol. The maximum absolute atomic E-state index is 6.13. The highest BCUT2D eigenvalue weighted by Crippen LogP contribution is 2.28. The first-order valence-electron chi connectivity index (χ1n) is 10.2. The summed E-state index contributed by atoms with van der Waals surface area (Å²) in [5.41, 5.74) is 6.42. The van der Waals surface area contributed by atoms with E-state index in [-0.39, 0.29) is 0 Å². The molecule has 0 aliphatic carbocycles. The number of benzene rings is 2. The highest BCUT2D eigenvalue weighted by atomic mass is 35.5. The maximum Gasteiger partial charge on any atom is 0.159 e. The second kappa shape index (κ2) is 8.75. The fraction of sp³-hybridized carbons (Fsp3) is 0.160. The molecule has 0 N–H and O–H groups in total. The molecule has 31 heavy (non-hydrogen) atoms. The van der Waals surface area contributed by atoms with E-state index in [0.29, 0.717) is 10.0 Å². The van der Waals surface area contributed by atoms with Crippen molar-refractivity contribution in [3.8, 4) is 22.6 Å². The van der Waals surface area contributed by atoms with E-state index in [4.69, 9.17) is 28.2 Å². The third-order valence-corrected chi connectivity index (χ3v) is 6.23. The molecule has 4 nitrogen and oxygen atoms in total. The summed E-state index contributed by atoms with van der Waals surface area (Å²) in [6.45, 7) is 2.65. The van der Waals surface area contributed by atoms with Gasteiger partial charge in [-0.05, 0) is 23.8 Å². The number of pyridine rings is 1. The van der Waals surface area contributed by atoms with E-state index in [1.54, 1.807) is 6.07 Å². The fourth-order valence-electron chi connectivity index (χ4n) is 3.84. The SMILES string of the molecule is Clc1ccc(-c2ccc(CN3CCc4nc(-c5ccccc5)ncc4C3)cn2)cc1Cl. The van der Waals surface area contributed by atoms with Crippen LogP contribution in [0.25, 0.3) is 22.6 Å². The van der Waals surface area contributed by atoms with Crippen LogP contribution < -0.4 is 0 Å². The second-order valence-electron chi connectivity index (χ2n) is 7.67. The van der Waals surface area contributed by atoms with Gasteiger partial charge in [-0.3, -0.25) is 9.88 Å². The second-order valence-corrected chi connectivity index (χ2v) is 8.49. The summed E-state index contributed by atoms with van der Waals surface area (Å²) < 4.78 is 0. The van der Waals surface area contributed by atoms with Gasteiger partial charge in [0.05, 0.1) is 21.4 Å². The van der Waals surface area contributed by atoms with Crippen LogP contribution in [0.2, 0.25) is 10.0 Å². The number of hydrogen-bond acceptors (Lipinski definition) is 4. The first-order valence-corrected chi connectivity index (χ1v) is 10.9. The molecule has 0 unspecified atom stereocenters. The van der Waals surface area contributed by atoms with Crippen LogP contribution in [0.15, 0.2) is 73.1 Å². The summed E-state index contributed by atoms with van der Waals surface area (Å²) >= 11 is 12.1. The number of rotatable bonds is 4. The number of hydrogen-bond donors (Lipinski definition) is 0. The number of aromatic nitrogens is 3. The highest BCUT2D eigenvalue weighted by Gasteiger charge is 2.19. The predicted molar refractivity (Wildman–Crippen MR) is 125 cm³/mol. The highest BCUT2D eigenvalue weighted by molar-refractivity contribution is 6.42. The Morgan fingerprint density at radius 1 is 0.839 bits per heavy atom. The molecule has 0 saturated heterocycles. The molecule has 154 valence electrons. The van der Waals surface area contributed by atoms with E-state index in [1.165, 1.54) is 11.1 Å². The zero-order chi connectivity index (χ0) is 21.2. The Bertz CT molecular complexity index is 1210. The third-order valence-electron chi connectivity index (χ3n) is 5.49. The van der Waals surface area contributed by atoms with Crippen molar-refractivity contribution in [3.05, 3.63) is 99.9 Å². The minimum atomic E-state index is 0.537. The van der Waals surface area contributed by atoms with Gasteiger partial charge < -0.3 is 0 Å². The first kappa shape index (κ1) is 20.1. The average Bonchev–Trinajstić information content (AvgIpc) is 2.82. The number of fused-ring (bicyclic) bond motifs is 1. The molecular formula is C25H20Cl2N4. The fourth-order valence-corrected chi connectivity index (χ4v) is 4.14. The molecule has 0 radical (unpaired) electrons. The third kappa shape index (κ3) is 4.47. The Labute approximate surface area is 191 Å². The Kier molecular flexibility index (Phi) is 5.68. The van der Waals surface area contributed by atoms with Crippen LogP contribution in [0.5, 0.6) is 0 Å². The van der Waals surface area contributed by atoms with Crippen LogP contribution >= 0.6 is 23.2 Å². The lowest BCUT2D eigenvalue weighted by Gasteiger charge is -2.28. The molecule has 4 aromatic rings. The molecule has 0 amide bonds. The van der Waals surface area contributed by atoms with Crippen LogP contribution in [0.1, 0.15) is 16.8 Å². The molecule has 1 aliphatic heterocycles. The van der Waals surface area contributed by atoms with E-state index in [1.807, 2.05) is 60.9 Å². The summed E-state index contributed by atoms with van der Waals surface area (Å²) in [5, 5.41) is 1.09. The zero-order valence-corrected chi connectivity index (χ0v) is 18.3. The monoisotopic (exact) mass is 446 g/mol. The summed E-state index contributed by atoms with van der Waals surface area (Å²) in [7, 11) is 0. The quantitative estimate of drug-likeness (QED) is 0.381. The number of halogens is 2. The molecule has 0 atom stereocenters. The van der Waals surface area contributed by atoms with E-state index >= 15 is 0 Å². The van der Waals surface area contributed by atoms with Crippen LogP contribution in [-0.4, -0.2) is 26.4 Å². The van der Waals surface area contributed by atoms with Crippen LogP contribution in [-0.2, 0) is 19.5 Å². The number of nitrogens with zero attached hydrogens (tertiary/aromatic N) is 4. The smallest absolute Gasteiger partial charge is 0.159 e. The van der Waals surface area contributed by atoms with Crippen molar-refractivity contribution in [2.45, 2.75) is 19.5 Å². The van der Waals surface area contributed by atoms with Gasteiger partial charge in [0, 0.05) is 55.1 Å². The van der Waals surface area contributed by atoms with Gasteiger partial charge in [-0.1, -0.05) is 65.7 Å². The van der Waals surface area contributed by atoms with Gasteiger partial charge in [0.1, 0.15) is 0 Å². The van der Waals surface area contributed by atoms with E-state index in [2.05, 4.69) is 20.9 Å². The molecule has 5 rings (SSSR count). The lowest BCUT2D eigenvalue weighted by Crippen LogP contribution is -2.31. The summed E-state index contributed by atoms with van der Waals surface area (Å²) in [5.74, 6) is 0.801. The predicted octanol–water partition coefficient (Wildman–Crippen LogP) is 6.07. The lowest BCUT2D eigenvalue weighted by atomic mass is 10.1. The van der Waals surface area contributed by atoms with E-state index in [0.717, 1.165) is 54.4 Å². The average molecular weight is 447 g/mol. The first-order chi connectivity index (χ1) is 15.2. The Hall–Kier alpha value is -2.79. The molecule has 0 saturated carbocycles. The van der Waals surface area contributed by atoms with Crippen LogP contribution in [0.4, 0.5) is 0 Å². The van der Waals surface area contributed by atoms with Gasteiger partial charge in [-0.25, -0.2) is 9.97 Å². The Morgan fingerprint density at radius 2 is 1.71 bits per heavy atom. The topological polar surface area (TPSA) is 41.9 Å². The van der Waals surface area contributed by atoms with Gasteiger partial charge >= 0.3 is 0 Å². The van der Waals surface area contributed by atoms with Crippen LogP contribution in [0.3, 0.4) is 0 Å². The Balaban J connectivity index is 1.27.